The lowest BCUT2D eigenvalue weighted by Crippen LogP contribution is -2.17. The summed E-state index contributed by atoms with van der Waals surface area (Å²) in [6, 6.07) is 12.7. The number of aromatic nitrogens is 2. The number of anilines is 1. The highest BCUT2D eigenvalue weighted by molar-refractivity contribution is 7.18. The number of hydrogen-bond acceptors (Lipinski definition) is 5. The van der Waals surface area contributed by atoms with E-state index in [0.717, 1.165) is 54.2 Å². The lowest BCUT2D eigenvalue weighted by Gasteiger charge is -2.11. The van der Waals surface area contributed by atoms with E-state index in [9.17, 15) is 0 Å². The summed E-state index contributed by atoms with van der Waals surface area (Å²) in [7, 11) is 4.21. The number of nitrogens with one attached hydrogen (secondary N) is 1. The molecule has 0 spiro atoms. The van der Waals surface area contributed by atoms with Crippen LogP contribution >= 0.6 is 11.3 Å². The molecule has 0 saturated carbocycles. The Morgan fingerprint density at radius 3 is 2.64 bits per heavy atom. The molecule has 0 aliphatic carbocycles. The van der Waals surface area contributed by atoms with Gasteiger partial charge in [-0.05, 0) is 45.1 Å². The fourth-order valence-corrected chi connectivity index (χ4v) is 3.77. The van der Waals surface area contributed by atoms with Crippen LogP contribution in [0.1, 0.15) is 29.6 Å². The summed E-state index contributed by atoms with van der Waals surface area (Å²) in [6.45, 7) is 4.18. The van der Waals surface area contributed by atoms with Gasteiger partial charge in [0.1, 0.15) is 16.5 Å². The zero-order chi connectivity index (χ0) is 17.6. The average Bonchev–Trinajstić information content (AvgIpc) is 3.02. The quantitative estimate of drug-likeness (QED) is 0.615. The summed E-state index contributed by atoms with van der Waals surface area (Å²) < 4.78 is 0. The van der Waals surface area contributed by atoms with Crippen LogP contribution in [0.2, 0.25) is 0 Å². The highest BCUT2D eigenvalue weighted by Gasteiger charge is 2.11. The van der Waals surface area contributed by atoms with Gasteiger partial charge >= 0.3 is 0 Å². The van der Waals surface area contributed by atoms with Crippen molar-refractivity contribution in [2.45, 2.75) is 26.2 Å². The first-order chi connectivity index (χ1) is 12.2. The summed E-state index contributed by atoms with van der Waals surface area (Å²) in [5, 5.41) is 4.69. The van der Waals surface area contributed by atoms with E-state index >= 15 is 0 Å². The first-order valence-corrected chi connectivity index (χ1v) is 9.69. The van der Waals surface area contributed by atoms with E-state index in [1.54, 1.807) is 11.3 Å². The zero-order valence-electron chi connectivity index (χ0n) is 15.2. The summed E-state index contributed by atoms with van der Waals surface area (Å²) >= 11 is 1.78. The van der Waals surface area contributed by atoms with Crippen molar-refractivity contribution in [2.75, 3.05) is 32.5 Å². The molecule has 3 aromatic rings. The van der Waals surface area contributed by atoms with E-state index in [2.05, 4.69) is 61.6 Å². The summed E-state index contributed by atoms with van der Waals surface area (Å²) in [5.74, 6) is 1.86. The van der Waals surface area contributed by atoms with E-state index in [4.69, 9.17) is 9.97 Å². The minimum Gasteiger partial charge on any atom is -0.369 e. The molecule has 0 fully saturated rings. The van der Waals surface area contributed by atoms with Crippen molar-refractivity contribution >= 4 is 27.4 Å². The Kier molecular flexibility index (Phi) is 6.00. The molecule has 3 rings (SSSR count). The number of rotatable bonds is 8. The second-order valence-electron chi connectivity index (χ2n) is 6.52. The number of thiophene rings is 1. The second kappa shape index (κ2) is 8.41. The molecule has 5 heteroatoms. The van der Waals surface area contributed by atoms with Gasteiger partial charge in [-0.2, -0.15) is 0 Å². The third-order valence-corrected chi connectivity index (χ3v) is 5.29. The van der Waals surface area contributed by atoms with Gasteiger partial charge in [-0.1, -0.05) is 37.3 Å². The Morgan fingerprint density at radius 1 is 1.12 bits per heavy atom. The summed E-state index contributed by atoms with van der Waals surface area (Å²) in [6.07, 6.45) is 2.90. The first-order valence-electron chi connectivity index (χ1n) is 8.87. The van der Waals surface area contributed by atoms with Crippen LogP contribution in [-0.4, -0.2) is 42.1 Å². The van der Waals surface area contributed by atoms with Crippen LogP contribution < -0.4 is 5.32 Å². The van der Waals surface area contributed by atoms with Crippen LogP contribution in [0.25, 0.3) is 10.2 Å². The summed E-state index contributed by atoms with van der Waals surface area (Å²) in [5.41, 5.74) is 1.24. The van der Waals surface area contributed by atoms with Crippen molar-refractivity contribution < 1.29 is 0 Å². The van der Waals surface area contributed by atoms with Gasteiger partial charge in [0.2, 0.25) is 0 Å². The molecule has 0 unspecified atom stereocenters. The highest BCUT2D eigenvalue weighted by atomic mass is 32.1. The minimum atomic E-state index is 0.766. The maximum absolute atomic E-state index is 4.83. The third-order valence-electron chi connectivity index (χ3n) is 4.12. The lowest BCUT2D eigenvalue weighted by atomic mass is 10.1. The molecule has 2 aromatic heterocycles. The molecular formula is C20H26N4S. The van der Waals surface area contributed by atoms with E-state index in [-0.39, 0.29) is 0 Å². The van der Waals surface area contributed by atoms with Crippen LogP contribution in [0.3, 0.4) is 0 Å². The van der Waals surface area contributed by atoms with E-state index in [1.165, 1.54) is 10.4 Å². The van der Waals surface area contributed by atoms with Gasteiger partial charge in [0.15, 0.2) is 0 Å². The molecule has 0 aliphatic rings. The molecule has 2 heterocycles. The number of fused-ring (bicyclic) bond motifs is 1. The van der Waals surface area contributed by atoms with Crippen LogP contribution in [-0.2, 0) is 12.8 Å². The molecule has 1 N–H and O–H groups in total. The molecule has 0 bridgehead atoms. The van der Waals surface area contributed by atoms with Crippen LogP contribution in [0, 0.1) is 0 Å². The molecule has 0 saturated heterocycles. The van der Waals surface area contributed by atoms with Crippen LogP contribution in [0.15, 0.2) is 36.4 Å². The molecule has 0 radical (unpaired) electrons. The topological polar surface area (TPSA) is 41.0 Å². The molecule has 0 aliphatic heterocycles. The zero-order valence-corrected chi connectivity index (χ0v) is 16.1. The number of nitrogens with zero attached hydrogens (tertiary/aromatic N) is 3. The van der Waals surface area contributed by atoms with Crippen LogP contribution in [0.5, 0.6) is 0 Å². The van der Waals surface area contributed by atoms with Crippen molar-refractivity contribution in [3.63, 3.8) is 0 Å². The minimum absolute atomic E-state index is 0.766. The van der Waals surface area contributed by atoms with Crippen molar-refractivity contribution in [2.24, 2.45) is 0 Å². The Labute approximate surface area is 153 Å². The monoisotopic (exact) mass is 354 g/mol. The summed E-state index contributed by atoms with van der Waals surface area (Å²) in [4.78, 5) is 14.3. The van der Waals surface area contributed by atoms with Crippen molar-refractivity contribution in [3.05, 3.63) is 52.7 Å². The molecular weight excluding hydrogens is 328 g/mol. The van der Waals surface area contributed by atoms with E-state index < -0.39 is 0 Å². The standard InChI is InChI=1S/C20H26N4S/c1-4-16-14-17-19(21-11-8-12-24(2)3)22-18(23-20(17)25-16)13-15-9-6-5-7-10-15/h5-7,9-10,14H,4,8,11-13H2,1-3H3,(H,21,22,23). The maximum Gasteiger partial charge on any atom is 0.138 e. The van der Waals surface area contributed by atoms with Gasteiger partial charge in [0.25, 0.3) is 0 Å². The number of hydrogen-bond donors (Lipinski definition) is 1. The fourth-order valence-electron chi connectivity index (χ4n) is 2.78. The van der Waals surface area contributed by atoms with Gasteiger partial charge < -0.3 is 10.2 Å². The van der Waals surface area contributed by atoms with E-state index in [1.807, 2.05) is 6.07 Å². The number of benzene rings is 1. The number of aryl methyl sites for hydroxylation is 1. The van der Waals surface area contributed by atoms with Crippen molar-refractivity contribution in [3.8, 4) is 0 Å². The molecule has 132 valence electrons. The van der Waals surface area contributed by atoms with Crippen molar-refractivity contribution in [1.82, 2.24) is 14.9 Å². The highest BCUT2D eigenvalue weighted by Crippen LogP contribution is 2.29. The van der Waals surface area contributed by atoms with Gasteiger partial charge in [0.05, 0.1) is 5.39 Å². The van der Waals surface area contributed by atoms with Crippen molar-refractivity contribution in [1.29, 1.82) is 0 Å². The fraction of sp³-hybridized carbons (Fsp3) is 0.400. The third kappa shape index (κ3) is 4.77. The second-order valence-corrected chi connectivity index (χ2v) is 7.63. The van der Waals surface area contributed by atoms with Gasteiger partial charge in [0, 0.05) is 17.8 Å². The Morgan fingerprint density at radius 2 is 1.92 bits per heavy atom. The average molecular weight is 355 g/mol. The molecule has 1 aromatic carbocycles. The molecule has 25 heavy (non-hydrogen) atoms. The van der Waals surface area contributed by atoms with E-state index in [0.29, 0.717) is 0 Å². The smallest absolute Gasteiger partial charge is 0.138 e. The lowest BCUT2D eigenvalue weighted by molar-refractivity contribution is 0.405. The predicted octanol–water partition coefficient (Wildman–Crippen LogP) is 4.21. The van der Waals surface area contributed by atoms with Gasteiger partial charge in [-0.15, -0.1) is 11.3 Å². The largest absolute Gasteiger partial charge is 0.369 e. The molecule has 0 atom stereocenters. The maximum atomic E-state index is 4.83. The SMILES string of the molecule is CCc1cc2c(NCCCN(C)C)nc(Cc3ccccc3)nc2s1. The molecule has 0 amide bonds. The predicted molar refractivity (Wildman–Crippen MR) is 108 cm³/mol. The van der Waals surface area contributed by atoms with Gasteiger partial charge in [-0.3, -0.25) is 0 Å². The normalized spacial score (nSPS) is 11.4. The first kappa shape index (κ1) is 17.8. The van der Waals surface area contributed by atoms with Crippen LogP contribution in [0.4, 0.5) is 5.82 Å². The Bertz CT molecular complexity index is 811. The Balaban J connectivity index is 1.85. The molecule has 4 nitrogen and oxygen atoms in total. The Hall–Kier alpha value is -1.98. The van der Waals surface area contributed by atoms with Gasteiger partial charge in [-0.25, -0.2) is 9.97 Å².